The largest absolute Gasteiger partial charge is 0.486 e. The molecule has 1 aromatic carbocycles. The number of thioether (sulfide) groups is 1. The molecule has 2 rings (SSSR count). The van der Waals surface area contributed by atoms with Crippen LogP contribution < -0.4 is 9.47 Å². The predicted octanol–water partition coefficient (Wildman–Crippen LogP) is 2.73. The van der Waals surface area contributed by atoms with E-state index in [1.54, 1.807) is 11.8 Å². The number of benzene rings is 1. The number of hydrogen-bond acceptors (Lipinski definition) is 5. The zero-order valence-electron chi connectivity index (χ0n) is 11.8. The van der Waals surface area contributed by atoms with Gasteiger partial charge in [-0.2, -0.15) is 0 Å². The zero-order valence-corrected chi connectivity index (χ0v) is 12.7. The Balaban J connectivity index is 1.73. The van der Waals surface area contributed by atoms with Crippen molar-refractivity contribution < 1.29 is 19.3 Å². The Morgan fingerprint density at radius 3 is 2.90 bits per heavy atom. The highest BCUT2D eigenvalue weighted by molar-refractivity contribution is 7.99. The molecule has 20 heavy (non-hydrogen) atoms. The Labute approximate surface area is 124 Å². The van der Waals surface area contributed by atoms with Crippen LogP contribution in [0.15, 0.2) is 23.1 Å². The minimum atomic E-state index is -0.440. The highest BCUT2D eigenvalue weighted by atomic mass is 32.2. The van der Waals surface area contributed by atoms with Gasteiger partial charge in [0.25, 0.3) is 0 Å². The van der Waals surface area contributed by atoms with Gasteiger partial charge in [-0.3, -0.25) is 0 Å². The summed E-state index contributed by atoms with van der Waals surface area (Å²) < 4.78 is 16.4. The normalized spacial score (nSPS) is 15.1. The standard InChI is InChI=1S/C15H22O4S/c1-2-3-6-17-10-12(16)11-20-13-4-5-14-15(9-13)19-8-7-18-14/h4-5,9,12,16H,2-3,6-8,10-11H2,1H3. The lowest BCUT2D eigenvalue weighted by atomic mass is 10.3. The summed E-state index contributed by atoms with van der Waals surface area (Å²) in [6.45, 7) is 4.44. The molecule has 1 aliphatic rings. The van der Waals surface area contributed by atoms with E-state index in [0.717, 1.165) is 35.8 Å². The molecule has 1 atom stereocenters. The van der Waals surface area contributed by atoms with Crippen molar-refractivity contribution in [2.45, 2.75) is 30.8 Å². The van der Waals surface area contributed by atoms with Crippen LogP contribution in [0, 0.1) is 0 Å². The third kappa shape index (κ3) is 4.89. The van der Waals surface area contributed by atoms with Crippen molar-refractivity contribution in [3.8, 4) is 11.5 Å². The van der Waals surface area contributed by atoms with Crippen LogP contribution in [0.5, 0.6) is 11.5 Å². The molecule has 0 saturated carbocycles. The van der Waals surface area contributed by atoms with Gasteiger partial charge >= 0.3 is 0 Å². The quantitative estimate of drug-likeness (QED) is 0.591. The molecule has 4 nitrogen and oxygen atoms in total. The fourth-order valence-electron chi connectivity index (χ4n) is 1.82. The Hall–Kier alpha value is -0.910. The molecule has 0 amide bonds. The Kier molecular flexibility index (Phi) is 6.50. The van der Waals surface area contributed by atoms with Gasteiger partial charge < -0.3 is 19.3 Å². The smallest absolute Gasteiger partial charge is 0.162 e. The van der Waals surface area contributed by atoms with Crippen LogP contribution in [0.25, 0.3) is 0 Å². The van der Waals surface area contributed by atoms with Gasteiger partial charge in [-0.15, -0.1) is 11.8 Å². The average molecular weight is 298 g/mol. The summed E-state index contributed by atoms with van der Waals surface area (Å²) >= 11 is 1.60. The summed E-state index contributed by atoms with van der Waals surface area (Å²) in [4.78, 5) is 1.07. The molecule has 0 radical (unpaired) electrons. The molecule has 0 saturated heterocycles. The maximum Gasteiger partial charge on any atom is 0.162 e. The first kappa shape index (κ1) is 15.5. The maximum atomic E-state index is 9.85. The van der Waals surface area contributed by atoms with Crippen LogP contribution >= 0.6 is 11.8 Å². The Bertz CT molecular complexity index is 411. The SMILES string of the molecule is CCCCOCC(O)CSc1ccc2c(c1)OCCO2. The third-order valence-electron chi connectivity index (χ3n) is 2.91. The van der Waals surface area contributed by atoms with Crippen molar-refractivity contribution in [1.82, 2.24) is 0 Å². The summed E-state index contributed by atoms with van der Waals surface area (Å²) in [5, 5.41) is 9.85. The maximum absolute atomic E-state index is 9.85. The van der Waals surface area contributed by atoms with Gasteiger partial charge in [0, 0.05) is 17.3 Å². The van der Waals surface area contributed by atoms with Gasteiger partial charge in [0.2, 0.25) is 0 Å². The van der Waals surface area contributed by atoms with E-state index in [9.17, 15) is 5.11 Å². The molecule has 0 bridgehead atoms. The van der Waals surface area contributed by atoms with E-state index in [2.05, 4.69) is 6.92 Å². The molecule has 1 unspecified atom stereocenters. The first-order chi connectivity index (χ1) is 9.79. The van der Waals surface area contributed by atoms with E-state index in [4.69, 9.17) is 14.2 Å². The number of aliphatic hydroxyl groups excluding tert-OH is 1. The van der Waals surface area contributed by atoms with Crippen LogP contribution in [0.1, 0.15) is 19.8 Å². The van der Waals surface area contributed by atoms with Gasteiger partial charge in [0.05, 0.1) is 12.7 Å². The highest BCUT2D eigenvalue weighted by Crippen LogP contribution is 2.34. The summed E-state index contributed by atoms with van der Waals surface area (Å²) in [5.41, 5.74) is 0. The Morgan fingerprint density at radius 2 is 2.10 bits per heavy atom. The van der Waals surface area contributed by atoms with Crippen LogP contribution in [0.3, 0.4) is 0 Å². The van der Waals surface area contributed by atoms with E-state index in [0.29, 0.717) is 25.6 Å². The van der Waals surface area contributed by atoms with Crippen molar-refractivity contribution in [2.75, 3.05) is 32.2 Å². The molecule has 112 valence electrons. The molecular weight excluding hydrogens is 276 g/mol. The number of rotatable bonds is 8. The third-order valence-corrected chi connectivity index (χ3v) is 4.05. The van der Waals surface area contributed by atoms with E-state index in [-0.39, 0.29) is 0 Å². The molecule has 1 heterocycles. The number of ether oxygens (including phenoxy) is 3. The Morgan fingerprint density at radius 1 is 1.30 bits per heavy atom. The van der Waals surface area contributed by atoms with E-state index >= 15 is 0 Å². The minimum Gasteiger partial charge on any atom is -0.486 e. The number of unbranched alkanes of at least 4 members (excludes halogenated alkanes) is 1. The van der Waals surface area contributed by atoms with E-state index in [1.165, 1.54) is 0 Å². The van der Waals surface area contributed by atoms with Crippen LogP contribution in [0.2, 0.25) is 0 Å². The number of hydrogen-bond donors (Lipinski definition) is 1. The molecule has 0 fully saturated rings. The first-order valence-corrected chi connectivity index (χ1v) is 8.06. The molecule has 1 aliphatic heterocycles. The van der Waals surface area contributed by atoms with Crippen molar-refractivity contribution >= 4 is 11.8 Å². The average Bonchev–Trinajstić information content (AvgIpc) is 2.49. The second kappa shape index (κ2) is 8.39. The molecule has 0 aromatic heterocycles. The second-order valence-electron chi connectivity index (χ2n) is 4.70. The minimum absolute atomic E-state index is 0.400. The van der Waals surface area contributed by atoms with Crippen molar-refractivity contribution in [3.05, 3.63) is 18.2 Å². The second-order valence-corrected chi connectivity index (χ2v) is 5.79. The zero-order chi connectivity index (χ0) is 14.2. The lowest BCUT2D eigenvalue weighted by Gasteiger charge is -2.19. The van der Waals surface area contributed by atoms with Gasteiger partial charge in [0.15, 0.2) is 11.5 Å². The van der Waals surface area contributed by atoms with Gasteiger partial charge in [-0.25, -0.2) is 0 Å². The fourth-order valence-corrected chi connectivity index (χ4v) is 2.66. The first-order valence-electron chi connectivity index (χ1n) is 7.08. The molecule has 1 N–H and O–H groups in total. The summed E-state index contributed by atoms with van der Waals surface area (Å²) in [6.07, 6.45) is 1.72. The highest BCUT2D eigenvalue weighted by Gasteiger charge is 2.12. The lowest BCUT2D eigenvalue weighted by molar-refractivity contribution is 0.0473. The molecule has 0 spiro atoms. The van der Waals surface area contributed by atoms with Crippen molar-refractivity contribution in [3.63, 3.8) is 0 Å². The molecular formula is C15H22O4S. The van der Waals surface area contributed by atoms with Crippen LogP contribution in [-0.2, 0) is 4.74 Å². The van der Waals surface area contributed by atoms with Crippen LogP contribution in [-0.4, -0.2) is 43.4 Å². The monoisotopic (exact) mass is 298 g/mol. The predicted molar refractivity (Wildman–Crippen MR) is 79.9 cm³/mol. The number of fused-ring (bicyclic) bond motifs is 1. The van der Waals surface area contributed by atoms with Gasteiger partial charge in [-0.05, 0) is 24.6 Å². The lowest BCUT2D eigenvalue weighted by Crippen LogP contribution is -2.18. The molecule has 5 heteroatoms. The fraction of sp³-hybridized carbons (Fsp3) is 0.600. The molecule has 1 aromatic rings. The van der Waals surface area contributed by atoms with Crippen LogP contribution in [0.4, 0.5) is 0 Å². The summed E-state index contributed by atoms with van der Waals surface area (Å²) in [7, 11) is 0. The topological polar surface area (TPSA) is 47.9 Å². The van der Waals surface area contributed by atoms with E-state index in [1.807, 2.05) is 18.2 Å². The number of aliphatic hydroxyl groups is 1. The van der Waals surface area contributed by atoms with E-state index < -0.39 is 6.10 Å². The van der Waals surface area contributed by atoms with Gasteiger partial charge in [0.1, 0.15) is 13.2 Å². The molecule has 0 aliphatic carbocycles. The summed E-state index contributed by atoms with van der Waals surface area (Å²) in [6, 6.07) is 5.87. The van der Waals surface area contributed by atoms with Gasteiger partial charge in [-0.1, -0.05) is 13.3 Å². The van der Waals surface area contributed by atoms with Crippen molar-refractivity contribution in [1.29, 1.82) is 0 Å². The van der Waals surface area contributed by atoms with Crippen molar-refractivity contribution in [2.24, 2.45) is 0 Å². The summed E-state index contributed by atoms with van der Waals surface area (Å²) in [5.74, 6) is 2.20.